The summed E-state index contributed by atoms with van der Waals surface area (Å²) in [6, 6.07) is 3.53. The average molecular weight is 337 g/mol. The second kappa shape index (κ2) is 9.14. The van der Waals surface area contributed by atoms with Crippen LogP contribution in [0.2, 0.25) is 0 Å². The van der Waals surface area contributed by atoms with Crippen molar-refractivity contribution < 1.29 is 23.8 Å². The van der Waals surface area contributed by atoms with Gasteiger partial charge in [-0.1, -0.05) is 18.8 Å². The smallest absolute Gasteiger partial charge is 0.408 e. The van der Waals surface area contributed by atoms with Gasteiger partial charge in [0, 0.05) is 0 Å². The topological polar surface area (TPSA) is 67.8 Å². The van der Waals surface area contributed by atoms with Gasteiger partial charge >= 0.3 is 6.09 Å². The number of hydrogen-bond donors (Lipinski definition) is 2. The standard InChI is InChI=1S/C18H24FNO4/c1-5-15(20-17(22)24-18(2,3)4)8-6-13-12-14(19)7-9-16(13)23-11-10-21/h7,9,12,15,21H,5,10-11H2,1-4H3,(H,20,22)/t15-/m1/s1. The van der Waals surface area contributed by atoms with Crippen LogP contribution in [0, 0.1) is 17.7 Å². The Kier molecular flexibility index (Phi) is 7.53. The Labute approximate surface area is 142 Å². The van der Waals surface area contributed by atoms with E-state index in [-0.39, 0.29) is 13.2 Å². The van der Waals surface area contributed by atoms with E-state index in [2.05, 4.69) is 17.2 Å². The summed E-state index contributed by atoms with van der Waals surface area (Å²) in [4.78, 5) is 11.8. The number of hydrogen-bond acceptors (Lipinski definition) is 4. The summed E-state index contributed by atoms with van der Waals surface area (Å²) < 4.78 is 23.9. The lowest BCUT2D eigenvalue weighted by molar-refractivity contribution is 0.0515. The molecule has 0 aliphatic heterocycles. The number of aliphatic hydroxyl groups is 1. The van der Waals surface area contributed by atoms with E-state index in [4.69, 9.17) is 14.6 Å². The quantitative estimate of drug-likeness (QED) is 0.811. The summed E-state index contributed by atoms with van der Waals surface area (Å²) in [5.41, 5.74) is -0.239. The fourth-order valence-corrected chi connectivity index (χ4v) is 1.74. The molecule has 1 aromatic carbocycles. The lowest BCUT2D eigenvalue weighted by atomic mass is 10.1. The molecule has 132 valence electrons. The zero-order valence-corrected chi connectivity index (χ0v) is 14.5. The molecule has 1 rings (SSSR count). The summed E-state index contributed by atoms with van der Waals surface area (Å²) >= 11 is 0. The van der Waals surface area contributed by atoms with Gasteiger partial charge in [-0.2, -0.15) is 0 Å². The molecule has 0 saturated heterocycles. The van der Waals surface area contributed by atoms with Crippen LogP contribution in [0.1, 0.15) is 39.7 Å². The van der Waals surface area contributed by atoms with Crippen LogP contribution in [0.5, 0.6) is 5.75 Å². The summed E-state index contributed by atoms with van der Waals surface area (Å²) in [6.45, 7) is 7.13. The molecule has 0 radical (unpaired) electrons. The van der Waals surface area contributed by atoms with Gasteiger partial charge in [-0.05, 0) is 45.4 Å². The maximum Gasteiger partial charge on any atom is 0.408 e. The molecule has 0 spiro atoms. The first-order valence-electron chi connectivity index (χ1n) is 7.79. The highest BCUT2D eigenvalue weighted by Crippen LogP contribution is 2.18. The summed E-state index contributed by atoms with van der Waals surface area (Å²) in [7, 11) is 0. The van der Waals surface area contributed by atoms with Crippen molar-refractivity contribution in [1.82, 2.24) is 5.32 Å². The van der Waals surface area contributed by atoms with E-state index >= 15 is 0 Å². The number of amides is 1. The zero-order valence-electron chi connectivity index (χ0n) is 14.5. The molecule has 0 saturated carbocycles. The van der Waals surface area contributed by atoms with Crippen molar-refractivity contribution >= 4 is 6.09 Å². The van der Waals surface area contributed by atoms with Crippen LogP contribution in [0.4, 0.5) is 9.18 Å². The van der Waals surface area contributed by atoms with Crippen LogP contribution < -0.4 is 10.1 Å². The first kappa shape index (κ1) is 19.8. The minimum atomic E-state index is -0.594. The van der Waals surface area contributed by atoms with Crippen molar-refractivity contribution in [2.75, 3.05) is 13.2 Å². The van der Waals surface area contributed by atoms with E-state index in [0.717, 1.165) is 0 Å². The highest BCUT2D eigenvalue weighted by Gasteiger charge is 2.17. The van der Waals surface area contributed by atoms with Crippen molar-refractivity contribution in [3.05, 3.63) is 29.6 Å². The SMILES string of the molecule is CC[C@H](C#Cc1cc(F)ccc1OCCO)NC(=O)OC(C)(C)C. The van der Waals surface area contributed by atoms with Gasteiger partial charge in [0.25, 0.3) is 0 Å². The Morgan fingerprint density at radius 3 is 2.71 bits per heavy atom. The second-order valence-electron chi connectivity index (χ2n) is 6.09. The molecule has 0 fully saturated rings. The molecule has 0 unspecified atom stereocenters. The molecule has 0 aromatic heterocycles. The number of halogens is 1. The fraction of sp³-hybridized carbons (Fsp3) is 0.500. The van der Waals surface area contributed by atoms with Crippen LogP contribution in [-0.2, 0) is 4.74 Å². The molecule has 0 aliphatic carbocycles. The van der Waals surface area contributed by atoms with Gasteiger partial charge in [-0.3, -0.25) is 0 Å². The molecule has 0 aliphatic rings. The highest BCUT2D eigenvalue weighted by molar-refractivity contribution is 5.68. The predicted octanol–water partition coefficient (Wildman–Crippen LogP) is 2.85. The van der Waals surface area contributed by atoms with Crippen molar-refractivity contribution in [1.29, 1.82) is 0 Å². The largest absolute Gasteiger partial charge is 0.490 e. The van der Waals surface area contributed by atoms with Gasteiger partial charge in [-0.25, -0.2) is 9.18 Å². The molecule has 2 N–H and O–H groups in total. The average Bonchev–Trinajstić information content (AvgIpc) is 2.48. The van der Waals surface area contributed by atoms with Crippen LogP contribution in [0.3, 0.4) is 0 Å². The first-order chi connectivity index (χ1) is 11.2. The molecule has 1 amide bonds. The number of nitrogens with one attached hydrogen (secondary N) is 1. The number of carbonyl (C=O) groups is 1. The second-order valence-corrected chi connectivity index (χ2v) is 6.09. The minimum Gasteiger partial charge on any atom is -0.490 e. The van der Waals surface area contributed by atoms with Crippen LogP contribution >= 0.6 is 0 Å². The number of benzene rings is 1. The summed E-state index contributed by atoms with van der Waals surface area (Å²) in [5.74, 6) is 5.63. The molecule has 1 atom stereocenters. The molecule has 1 aromatic rings. The van der Waals surface area contributed by atoms with E-state index in [1.54, 1.807) is 20.8 Å². The Balaban J connectivity index is 2.86. The number of alkyl carbamates (subject to hydrolysis) is 1. The van der Waals surface area contributed by atoms with Crippen molar-refractivity contribution in [3.63, 3.8) is 0 Å². The summed E-state index contributed by atoms with van der Waals surface area (Å²) in [5, 5.41) is 11.5. The summed E-state index contributed by atoms with van der Waals surface area (Å²) in [6.07, 6.45) is 0.00799. The fourth-order valence-electron chi connectivity index (χ4n) is 1.74. The third-order valence-electron chi connectivity index (χ3n) is 2.77. The van der Waals surface area contributed by atoms with Crippen molar-refractivity contribution in [3.8, 4) is 17.6 Å². The van der Waals surface area contributed by atoms with Crippen LogP contribution in [0.25, 0.3) is 0 Å². The molecule has 5 nitrogen and oxygen atoms in total. The molecular weight excluding hydrogens is 313 g/mol. The van der Waals surface area contributed by atoms with Gasteiger partial charge in [0.15, 0.2) is 0 Å². The Hall–Kier alpha value is -2.26. The van der Waals surface area contributed by atoms with Crippen molar-refractivity contribution in [2.45, 2.75) is 45.8 Å². The Bertz CT molecular complexity index is 614. The van der Waals surface area contributed by atoms with E-state index in [0.29, 0.717) is 17.7 Å². The van der Waals surface area contributed by atoms with E-state index < -0.39 is 23.6 Å². The maximum atomic E-state index is 13.4. The van der Waals surface area contributed by atoms with Crippen molar-refractivity contribution in [2.24, 2.45) is 0 Å². The lowest BCUT2D eigenvalue weighted by Crippen LogP contribution is -2.38. The van der Waals surface area contributed by atoms with Gasteiger partial charge < -0.3 is 19.9 Å². The third-order valence-corrected chi connectivity index (χ3v) is 2.77. The van der Waals surface area contributed by atoms with Gasteiger partial charge in [0.2, 0.25) is 0 Å². The van der Waals surface area contributed by atoms with Gasteiger partial charge in [-0.15, -0.1) is 0 Å². The number of rotatable bonds is 5. The molecule has 0 bridgehead atoms. The number of carbonyl (C=O) groups excluding carboxylic acids is 1. The first-order valence-corrected chi connectivity index (χ1v) is 7.79. The molecule has 0 heterocycles. The maximum absolute atomic E-state index is 13.4. The molecular formula is C18H24FNO4. The van der Waals surface area contributed by atoms with Crippen LogP contribution in [0.15, 0.2) is 18.2 Å². The van der Waals surface area contributed by atoms with E-state index in [1.165, 1.54) is 18.2 Å². The van der Waals surface area contributed by atoms with Gasteiger partial charge in [0.1, 0.15) is 23.8 Å². The monoisotopic (exact) mass is 337 g/mol. The number of ether oxygens (including phenoxy) is 2. The van der Waals surface area contributed by atoms with Gasteiger partial charge in [0.05, 0.1) is 18.2 Å². The molecule has 6 heteroatoms. The van der Waals surface area contributed by atoms with E-state index in [9.17, 15) is 9.18 Å². The predicted molar refractivity (Wildman–Crippen MR) is 89.3 cm³/mol. The molecule has 24 heavy (non-hydrogen) atoms. The zero-order chi connectivity index (χ0) is 18.2. The van der Waals surface area contributed by atoms with Crippen LogP contribution in [-0.4, -0.2) is 36.1 Å². The Morgan fingerprint density at radius 2 is 2.12 bits per heavy atom. The normalized spacial score (nSPS) is 11.9. The third kappa shape index (κ3) is 7.34. The lowest BCUT2D eigenvalue weighted by Gasteiger charge is -2.21. The number of aliphatic hydroxyl groups excluding tert-OH is 1. The Morgan fingerprint density at radius 1 is 1.42 bits per heavy atom. The van der Waals surface area contributed by atoms with E-state index in [1.807, 2.05) is 6.92 Å². The minimum absolute atomic E-state index is 0.0909. The highest BCUT2D eigenvalue weighted by atomic mass is 19.1.